The van der Waals surface area contributed by atoms with Crippen molar-refractivity contribution in [2.45, 2.75) is 39.7 Å². The van der Waals surface area contributed by atoms with Crippen LogP contribution < -0.4 is 5.32 Å². The van der Waals surface area contributed by atoms with Crippen molar-refractivity contribution in [3.8, 4) is 0 Å². The maximum atomic E-state index is 6.19. The van der Waals surface area contributed by atoms with Crippen molar-refractivity contribution in [3.63, 3.8) is 0 Å². The Kier molecular flexibility index (Phi) is 5.71. The second-order valence-electron chi connectivity index (χ2n) is 5.27. The quantitative estimate of drug-likeness (QED) is 0.873. The molecule has 0 spiro atoms. The molecule has 0 aliphatic carbocycles. The summed E-state index contributed by atoms with van der Waals surface area (Å²) in [5, 5.41) is 4.23. The van der Waals surface area contributed by atoms with E-state index < -0.39 is 0 Å². The standard InChI is InChI=1S/C17H22ClN3/c1-4-9-19-12(2)15-11-20-17(21-13(15)3)10-14-7-5-6-8-16(14)18/h5-8,11-12,19H,4,9-10H2,1-3H3. The molecule has 0 bridgehead atoms. The fourth-order valence-electron chi connectivity index (χ4n) is 2.32. The molecule has 112 valence electrons. The van der Waals surface area contributed by atoms with Gasteiger partial charge in [-0.05, 0) is 38.4 Å². The van der Waals surface area contributed by atoms with Gasteiger partial charge < -0.3 is 5.32 Å². The lowest BCUT2D eigenvalue weighted by molar-refractivity contribution is 0.563. The summed E-state index contributed by atoms with van der Waals surface area (Å²) >= 11 is 6.19. The lowest BCUT2D eigenvalue weighted by atomic mass is 10.1. The summed E-state index contributed by atoms with van der Waals surface area (Å²) < 4.78 is 0. The molecule has 1 atom stereocenters. The SMILES string of the molecule is CCCNC(C)c1cnc(Cc2ccccc2Cl)nc1C. The number of nitrogens with one attached hydrogen (secondary N) is 1. The second kappa shape index (κ2) is 7.53. The van der Waals surface area contributed by atoms with E-state index in [1.807, 2.05) is 37.4 Å². The molecule has 2 aromatic rings. The number of nitrogens with zero attached hydrogens (tertiary/aromatic N) is 2. The van der Waals surface area contributed by atoms with Gasteiger partial charge in [-0.3, -0.25) is 0 Å². The third-order valence-corrected chi connectivity index (χ3v) is 3.91. The second-order valence-corrected chi connectivity index (χ2v) is 5.68. The van der Waals surface area contributed by atoms with E-state index in [0.29, 0.717) is 6.42 Å². The predicted octanol–water partition coefficient (Wildman–Crippen LogP) is 4.09. The van der Waals surface area contributed by atoms with Crippen molar-refractivity contribution in [2.24, 2.45) is 0 Å². The molecule has 1 aromatic heterocycles. The Labute approximate surface area is 131 Å². The zero-order valence-electron chi connectivity index (χ0n) is 12.9. The van der Waals surface area contributed by atoms with E-state index >= 15 is 0 Å². The highest BCUT2D eigenvalue weighted by Crippen LogP contribution is 2.19. The van der Waals surface area contributed by atoms with Crippen molar-refractivity contribution in [1.29, 1.82) is 0 Å². The van der Waals surface area contributed by atoms with Crippen molar-refractivity contribution in [2.75, 3.05) is 6.54 Å². The first-order valence-corrected chi connectivity index (χ1v) is 7.78. The van der Waals surface area contributed by atoms with Crippen LogP contribution in [-0.4, -0.2) is 16.5 Å². The molecule has 0 aliphatic rings. The van der Waals surface area contributed by atoms with Crippen molar-refractivity contribution >= 4 is 11.6 Å². The van der Waals surface area contributed by atoms with Gasteiger partial charge in [0.15, 0.2) is 0 Å². The fraction of sp³-hybridized carbons (Fsp3) is 0.412. The Morgan fingerprint density at radius 3 is 2.71 bits per heavy atom. The van der Waals surface area contributed by atoms with Gasteiger partial charge in [0.25, 0.3) is 0 Å². The van der Waals surface area contributed by atoms with Gasteiger partial charge in [0.1, 0.15) is 5.82 Å². The Morgan fingerprint density at radius 2 is 2.05 bits per heavy atom. The topological polar surface area (TPSA) is 37.8 Å². The molecule has 0 saturated heterocycles. The van der Waals surface area contributed by atoms with Gasteiger partial charge in [0.05, 0.1) is 0 Å². The third-order valence-electron chi connectivity index (χ3n) is 3.54. The Morgan fingerprint density at radius 1 is 1.29 bits per heavy atom. The Bertz CT molecular complexity index is 598. The van der Waals surface area contributed by atoms with Gasteiger partial charge in [-0.25, -0.2) is 9.97 Å². The van der Waals surface area contributed by atoms with Gasteiger partial charge >= 0.3 is 0 Å². The van der Waals surface area contributed by atoms with Crippen LogP contribution in [0.1, 0.15) is 49.0 Å². The number of hydrogen-bond donors (Lipinski definition) is 1. The Balaban J connectivity index is 2.14. The summed E-state index contributed by atoms with van der Waals surface area (Å²) in [4.78, 5) is 9.12. The largest absolute Gasteiger partial charge is 0.310 e. The molecule has 0 amide bonds. The molecule has 0 fully saturated rings. The van der Waals surface area contributed by atoms with Crippen molar-refractivity contribution in [3.05, 3.63) is 58.1 Å². The van der Waals surface area contributed by atoms with Crippen molar-refractivity contribution < 1.29 is 0 Å². The first-order valence-electron chi connectivity index (χ1n) is 7.41. The molecule has 1 unspecified atom stereocenters. The van der Waals surface area contributed by atoms with Crippen LogP contribution in [0.15, 0.2) is 30.5 Å². The molecular weight excluding hydrogens is 282 g/mol. The number of aryl methyl sites for hydroxylation is 1. The number of hydrogen-bond acceptors (Lipinski definition) is 3. The van der Waals surface area contributed by atoms with E-state index in [1.54, 1.807) is 0 Å². The highest BCUT2D eigenvalue weighted by atomic mass is 35.5. The van der Waals surface area contributed by atoms with E-state index in [-0.39, 0.29) is 6.04 Å². The molecule has 4 heteroatoms. The van der Waals surface area contributed by atoms with Gasteiger partial charge in [0.2, 0.25) is 0 Å². The summed E-state index contributed by atoms with van der Waals surface area (Å²) in [6.45, 7) is 7.35. The van der Waals surface area contributed by atoms with Crippen LogP contribution in [0.5, 0.6) is 0 Å². The summed E-state index contributed by atoms with van der Waals surface area (Å²) in [7, 11) is 0. The number of rotatable bonds is 6. The molecule has 0 aliphatic heterocycles. The van der Waals surface area contributed by atoms with E-state index in [9.17, 15) is 0 Å². The van der Waals surface area contributed by atoms with Crippen LogP contribution in [-0.2, 0) is 6.42 Å². The van der Waals surface area contributed by atoms with Crippen LogP contribution in [0.25, 0.3) is 0 Å². The number of aromatic nitrogens is 2. The maximum absolute atomic E-state index is 6.19. The van der Waals surface area contributed by atoms with Gasteiger partial charge in [-0.1, -0.05) is 36.7 Å². The molecule has 3 nitrogen and oxygen atoms in total. The summed E-state index contributed by atoms with van der Waals surface area (Å²) in [5.41, 5.74) is 3.25. The van der Waals surface area contributed by atoms with Crippen LogP contribution in [0, 0.1) is 6.92 Å². The zero-order valence-corrected chi connectivity index (χ0v) is 13.6. The minimum Gasteiger partial charge on any atom is -0.310 e. The predicted molar refractivity (Wildman–Crippen MR) is 87.7 cm³/mol. The first-order chi connectivity index (χ1) is 10.1. The highest BCUT2D eigenvalue weighted by molar-refractivity contribution is 6.31. The smallest absolute Gasteiger partial charge is 0.132 e. The van der Waals surface area contributed by atoms with Gasteiger partial charge in [-0.2, -0.15) is 0 Å². The summed E-state index contributed by atoms with van der Waals surface area (Å²) in [5.74, 6) is 0.812. The van der Waals surface area contributed by atoms with E-state index in [2.05, 4.69) is 29.1 Å². The first kappa shape index (κ1) is 15.9. The van der Waals surface area contributed by atoms with Crippen LogP contribution in [0.2, 0.25) is 5.02 Å². The van der Waals surface area contributed by atoms with Crippen LogP contribution >= 0.6 is 11.6 Å². The molecule has 1 aromatic carbocycles. The van der Waals surface area contributed by atoms with Crippen molar-refractivity contribution in [1.82, 2.24) is 15.3 Å². The fourth-order valence-corrected chi connectivity index (χ4v) is 2.52. The molecule has 1 heterocycles. The average molecular weight is 304 g/mol. The minimum atomic E-state index is 0.277. The van der Waals surface area contributed by atoms with E-state index in [1.165, 1.54) is 0 Å². The molecule has 0 saturated carbocycles. The van der Waals surface area contributed by atoms with Gasteiger partial charge in [-0.15, -0.1) is 0 Å². The number of benzene rings is 1. The molecule has 0 radical (unpaired) electrons. The maximum Gasteiger partial charge on any atom is 0.132 e. The number of halogens is 1. The highest BCUT2D eigenvalue weighted by Gasteiger charge is 2.11. The van der Waals surface area contributed by atoms with Crippen LogP contribution in [0.4, 0.5) is 0 Å². The van der Waals surface area contributed by atoms with Gasteiger partial charge in [0, 0.05) is 34.9 Å². The third kappa shape index (κ3) is 4.26. The zero-order chi connectivity index (χ0) is 15.2. The van der Waals surface area contributed by atoms with E-state index in [0.717, 1.165) is 40.6 Å². The lowest BCUT2D eigenvalue weighted by Crippen LogP contribution is -2.21. The molecule has 1 N–H and O–H groups in total. The lowest BCUT2D eigenvalue weighted by Gasteiger charge is -2.15. The summed E-state index contributed by atoms with van der Waals surface area (Å²) in [6, 6.07) is 8.11. The molecular formula is C17H22ClN3. The average Bonchev–Trinajstić information content (AvgIpc) is 2.47. The molecule has 21 heavy (non-hydrogen) atoms. The monoisotopic (exact) mass is 303 g/mol. The van der Waals surface area contributed by atoms with Crippen LogP contribution in [0.3, 0.4) is 0 Å². The normalized spacial score (nSPS) is 12.4. The molecule has 2 rings (SSSR count). The van der Waals surface area contributed by atoms with E-state index in [4.69, 9.17) is 11.6 Å². The minimum absolute atomic E-state index is 0.277. The Hall–Kier alpha value is -1.45. The summed E-state index contributed by atoms with van der Waals surface area (Å²) in [6.07, 6.45) is 3.72.